The predicted molar refractivity (Wildman–Crippen MR) is 130 cm³/mol. The molecule has 0 radical (unpaired) electrons. The molecule has 0 spiro atoms. The van der Waals surface area contributed by atoms with E-state index in [1.807, 2.05) is 4.72 Å². The minimum absolute atomic E-state index is 0.0405. The summed E-state index contributed by atoms with van der Waals surface area (Å²) in [6.45, 7) is 0. The summed E-state index contributed by atoms with van der Waals surface area (Å²) in [6.07, 6.45) is 2.75. The number of carbonyl (C=O) groups is 1. The fourth-order valence-corrected chi connectivity index (χ4v) is 5.04. The summed E-state index contributed by atoms with van der Waals surface area (Å²) in [7, 11) is -4.87. The number of pyridine rings is 1. The first-order chi connectivity index (χ1) is 18.1. The Morgan fingerprint density at radius 1 is 1.00 bits per heavy atom. The van der Waals surface area contributed by atoms with Crippen LogP contribution in [0.3, 0.4) is 0 Å². The second-order valence-corrected chi connectivity index (χ2v) is 9.50. The van der Waals surface area contributed by atoms with Crippen LogP contribution in [0.1, 0.15) is 10.4 Å². The summed E-state index contributed by atoms with van der Waals surface area (Å²) in [4.78, 5) is 22.6. The molecule has 3 heterocycles. The van der Waals surface area contributed by atoms with E-state index in [1.165, 1.54) is 47.1 Å². The van der Waals surface area contributed by atoms with Crippen LogP contribution >= 0.6 is 0 Å². The lowest BCUT2D eigenvalue weighted by molar-refractivity contribution is 0.0697. The van der Waals surface area contributed by atoms with Crippen LogP contribution in [0.15, 0.2) is 71.9 Å². The molecule has 4 N–H and O–H groups in total. The Bertz CT molecular complexity index is 1840. The van der Waals surface area contributed by atoms with Crippen molar-refractivity contribution < 1.29 is 31.5 Å². The quantitative estimate of drug-likeness (QED) is 0.293. The highest BCUT2D eigenvalue weighted by atomic mass is 32.2. The Morgan fingerprint density at radius 2 is 1.71 bits per heavy atom. The molecule has 0 saturated heterocycles. The highest BCUT2D eigenvalue weighted by molar-refractivity contribution is 7.92. The number of nitrogens with zero attached hydrogens (tertiary/aromatic N) is 4. The van der Waals surface area contributed by atoms with Crippen LogP contribution in [0.5, 0.6) is 0 Å². The van der Waals surface area contributed by atoms with E-state index in [0.717, 1.165) is 24.3 Å². The van der Waals surface area contributed by atoms with Crippen molar-refractivity contribution in [1.29, 1.82) is 0 Å². The molecule has 3 aromatic heterocycles. The van der Waals surface area contributed by atoms with Gasteiger partial charge in [-0.05, 0) is 42.5 Å². The molecule has 0 amide bonds. The van der Waals surface area contributed by atoms with Crippen molar-refractivity contribution in [3.63, 3.8) is 0 Å². The Morgan fingerprint density at radius 3 is 2.39 bits per heavy atom. The summed E-state index contributed by atoms with van der Waals surface area (Å²) in [6, 6.07) is 10.2. The first-order valence-electron chi connectivity index (χ1n) is 10.7. The lowest BCUT2D eigenvalue weighted by Crippen LogP contribution is -2.17. The third kappa shape index (κ3) is 4.26. The molecule has 0 fully saturated rings. The number of rotatable bonds is 6. The standard InChI is InChI=1S/C24H15F3N6O4S/c25-14-4-2-5-15(26)22(14)38(36,37)32-16-6-1-3-13(19(16)27)20-21(17-7-9-29-24(28)30-17)33-10-8-12(23(34)35)11-18(33)31-20/h1-11,32H,(H,34,35)(H2,28,29,30). The van der Waals surface area contributed by atoms with Crippen molar-refractivity contribution >= 4 is 33.3 Å². The van der Waals surface area contributed by atoms with E-state index in [-0.39, 0.29) is 39.8 Å². The maximum atomic E-state index is 15.8. The molecule has 10 nitrogen and oxygen atoms in total. The number of nitrogens with two attached hydrogens (primary N) is 1. The van der Waals surface area contributed by atoms with Gasteiger partial charge in [-0.25, -0.2) is 41.3 Å². The summed E-state index contributed by atoms with van der Waals surface area (Å²) in [5.74, 6) is -5.13. The molecule has 0 saturated carbocycles. The van der Waals surface area contributed by atoms with E-state index < -0.39 is 44.0 Å². The average Bonchev–Trinajstić information content (AvgIpc) is 3.23. The molecule has 0 unspecified atom stereocenters. The number of halogens is 3. The van der Waals surface area contributed by atoms with Crippen LogP contribution in [0, 0.1) is 17.5 Å². The highest BCUT2D eigenvalue weighted by Gasteiger charge is 2.27. The highest BCUT2D eigenvalue weighted by Crippen LogP contribution is 2.36. The Labute approximate surface area is 212 Å². The third-order valence-electron chi connectivity index (χ3n) is 5.48. The smallest absolute Gasteiger partial charge is 0.335 e. The van der Waals surface area contributed by atoms with Gasteiger partial charge in [0.1, 0.15) is 23.0 Å². The Balaban J connectivity index is 1.70. The van der Waals surface area contributed by atoms with Crippen molar-refractivity contribution in [2.24, 2.45) is 0 Å². The number of fused-ring (bicyclic) bond motifs is 1. The monoisotopic (exact) mass is 540 g/mol. The molecule has 0 aliphatic heterocycles. The van der Waals surface area contributed by atoms with E-state index in [1.54, 1.807) is 0 Å². The van der Waals surface area contributed by atoms with E-state index in [2.05, 4.69) is 15.0 Å². The molecule has 0 atom stereocenters. The van der Waals surface area contributed by atoms with Gasteiger partial charge in [0.15, 0.2) is 10.7 Å². The van der Waals surface area contributed by atoms with E-state index >= 15 is 4.39 Å². The number of benzene rings is 2. The molecule has 0 aliphatic rings. The van der Waals surface area contributed by atoms with Crippen LogP contribution in [0.4, 0.5) is 24.8 Å². The second-order valence-electron chi connectivity index (χ2n) is 7.88. The molecule has 192 valence electrons. The van der Waals surface area contributed by atoms with Gasteiger partial charge >= 0.3 is 5.97 Å². The number of carboxylic acid groups (broad SMARTS) is 1. The Kier molecular flexibility index (Phi) is 5.95. The van der Waals surface area contributed by atoms with Crippen molar-refractivity contribution in [3.8, 4) is 22.6 Å². The summed E-state index contributed by atoms with van der Waals surface area (Å²) < 4.78 is 72.9. The van der Waals surface area contributed by atoms with E-state index in [0.29, 0.717) is 0 Å². The van der Waals surface area contributed by atoms with Gasteiger partial charge in [-0.1, -0.05) is 12.1 Å². The van der Waals surface area contributed by atoms with Gasteiger partial charge in [-0.3, -0.25) is 9.12 Å². The number of hydrogen-bond donors (Lipinski definition) is 3. The zero-order valence-corrected chi connectivity index (χ0v) is 19.7. The van der Waals surface area contributed by atoms with Gasteiger partial charge in [0.25, 0.3) is 10.0 Å². The molecule has 0 aliphatic carbocycles. The zero-order valence-electron chi connectivity index (χ0n) is 18.9. The molecular weight excluding hydrogens is 525 g/mol. The second kappa shape index (κ2) is 9.15. The van der Waals surface area contributed by atoms with Gasteiger partial charge in [-0.15, -0.1) is 0 Å². The van der Waals surface area contributed by atoms with Crippen molar-refractivity contribution in [2.75, 3.05) is 10.5 Å². The van der Waals surface area contributed by atoms with Crippen molar-refractivity contribution in [3.05, 3.63) is 90.0 Å². The summed E-state index contributed by atoms with van der Waals surface area (Å²) >= 11 is 0. The van der Waals surface area contributed by atoms with Gasteiger partial charge in [0.05, 0.1) is 22.6 Å². The van der Waals surface area contributed by atoms with Crippen LogP contribution in [-0.2, 0) is 10.0 Å². The SMILES string of the molecule is Nc1nccc(-c2c(-c3cccc(NS(=O)(=O)c4c(F)cccc4F)c3F)nc3cc(C(=O)O)ccn23)n1. The number of carboxylic acids is 1. The largest absolute Gasteiger partial charge is 0.478 e. The number of anilines is 2. The molecule has 5 aromatic rings. The van der Waals surface area contributed by atoms with Crippen LogP contribution < -0.4 is 10.5 Å². The molecule has 14 heteroatoms. The lowest BCUT2D eigenvalue weighted by Gasteiger charge is -2.12. The summed E-state index contributed by atoms with van der Waals surface area (Å²) in [5, 5.41) is 9.36. The number of sulfonamides is 1. The fourth-order valence-electron chi connectivity index (χ4n) is 3.84. The molecule has 0 bridgehead atoms. The maximum absolute atomic E-state index is 15.8. The normalized spacial score (nSPS) is 11.6. The predicted octanol–water partition coefficient (Wildman–Crippen LogP) is 3.96. The minimum atomic E-state index is -4.87. The summed E-state index contributed by atoms with van der Waals surface area (Å²) in [5.41, 5.74) is 5.30. The number of aromatic carboxylic acids is 1. The minimum Gasteiger partial charge on any atom is -0.478 e. The molecule has 2 aromatic carbocycles. The number of nitrogen functional groups attached to an aromatic ring is 1. The van der Waals surface area contributed by atoms with Crippen LogP contribution in [0.2, 0.25) is 0 Å². The van der Waals surface area contributed by atoms with E-state index in [9.17, 15) is 27.1 Å². The molecule has 5 rings (SSSR count). The number of imidazole rings is 1. The fraction of sp³-hybridized carbons (Fsp3) is 0. The number of hydrogen-bond acceptors (Lipinski definition) is 7. The molecular formula is C24H15F3N6O4S. The topological polar surface area (TPSA) is 153 Å². The van der Waals surface area contributed by atoms with Gasteiger partial charge in [0, 0.05) is 18.0 Å². The van der Waals surface area contributed by atoms with Crippen molar-refractivity contribution in [2.45, 2.75) is 4.90 Å². The van der Waals surface area contributed by atoms with Crippen molar-refractivity contribution in [1.82, 2.24) is 19.4 Å². The first-order valence-corrected chi connectivity index (χ1v) is 12.1. The zero-order chi connectivity index (χ0) is 27.2. The van der Waals surface area contributed by atoms with Gasteiger partial charge in [-0.2, -0.15) is 0 Å². The molecule has 38 heavy (non-hydrogen) atoms. The van der Waals surface area contributed by atoms with Crippen LogP contribution in [-0.4, -0.2) is 38.8 Å². The number of nitrogens with one attached hydrogen (secondary N) is 1. The van der Waals surface area contributed by atoms with Gasteiger partial charge < -0.3 is 10.8 Å². The average molecular weight is 540 g/mol. The first kappa shape index (κ1) is 24.7. The maximum Gasteiger partial charge on any atom is 0.335 e. The van der Waals surface area contributed by atoms with Gasteiger partial charge in [0.2, 0.25) is 5.95 Å². The third-order valence-corrected chi connectivity index (χ3v) is 6.89. The van der Waals surface area contributed by atoms with Crippen LogP contribution in [0.25, 0.3) is 28.3 Å². The Hall–Kier alpha value is -4.98. The lowest BCUT2D eigenvalue weighted by atomic mass is 10.1. The number of aromatic nitrogens is 4. The van der Waals surface area contributed by atoms with E-state index in [4.69, 9.17) is 5.73 Å².